The maximum Gasteiger partial charge on any atom is 0.166 e. The van der Waals surface area contributed by atoms with E-state index < -0.39 is 0 Å². The van der Waals surface area contributed by atoms with Crippen LogP contribution in [-0.2, 0) is 6.61 Å². The van der Waals surface area contributed by atoms with Gasteiger partial charge in [0.1, 0.15) is 25.0 Å². The lowest BCUT2D eigenvalue weighted by atomic mass is 10.2. The Morgan fingerprint density at radius 1 is 0.800 bits per heavy atom. The summed E-state index contributed by atoms with van der Waals surface area (Å²) in [6.45, 7) is 0.517. The highest BCUT2D eigenvalue weighted by Gasteiger charge is 2.08. The second-order valence-corrected chi connectivity index (χ2v) is 4.23. The van der Waals surface area contributed by atoms with E-state index in [0.29, 0.717) is 12.4 Å². The average Bonchev–Trinajstić information content (AvgIpc) is 2.55. The van der Waals surface area contributed by atoms with E-state index in [-0.39, 0.29) is 0 Å². The Labute approximate surface area is 117 Å². The van der Waals surface area contributed by atoms with Gasteiger partial charge in [0.05, 0.1) is 5.56 Å². The topological polar surface area (TPSA) is 47.9 Å². The lowest BCUT2D eigenvalue weighted by Gasteiger charge is -2.10. The summed E-state index contributed by atoms with van der Waals surface area (Å²) >= 11 is 0. The van der Waals surface area contributed by atoms with Crippen molar-refractivity contribution in [2.45, 2.75) is 6.61 Å². The molecule has 0 bridgehead atoms. The van der Waals surface area contributed by atoms with E-state index in [0.717, 1.165) is 16.9 Å². The minimum absolute atomic E-state index is 0.517. The van der Waals surface area contributed by atoms with Gasteiger partial charge in [0, 0.05) is 0 Å². The summed E-state index contributed by atoms with van der Waals surface area (Å²) in [4.78, 5) is 12.2. The SMILES string of the molecule is c1ccc(COc2ccccc2-c2ncncn2)cc1. The molecule has 20 heavy (non-hydrogen) atoms. The van der Waals surface area contributed by atoms with Crippen molar-refractivity contribution in [1.82, 2.24) is 15.0 Å². The number of nitrogens with zero attached hydrogens (tertiary/aromatic N) is 3. The van der Waals surface area contributed by atoms with Gasteiger partial charge in [-0.2, -0.15) is 0 Å². The first kappa shape index (κ1) is 12.3. The van der Waals surface area contributed by atoms with Gasteiger partial charge in [0.15, 0.2) is 5.82 Å². The normalized spacial score (nSPS) is 10.2. The van der Waals surface area contributed by atoms with Gasteiger partial charge in [-0.1, -0.05) is 42.5 Å². The standard InChI is InChI=1S/C16H13N3O/c1-2-6-13(7-3-1)10-20-15-9-5-4-8-14(15)16-18-11-17-12-19-16/h1-9,11-12H,10H2. The number of rotatable bonds is 4. The molecular weight excluding hydrogens is 250 g/mol. The molecule has 0 radical (unpaired) electrons. The Morgan fingerprint density at radius 2 is 1.50 bits per heavy atom. The van der Waals surface area contributed by atoms with Crippen LogP contribution < -0.4 is 4.74 Å². The van der Waals surface area contributed by atoms with Crippen LogP contribution in [0, 0.1) is 0 Å². The van der Waals surface area contributed by atoms with Gasteiger partial charge in [-0.25, -0.2) is 15.0 Å². The van der Waals surface area contributed by atoms with Crippen molar-refractivity contribution in [2.75, 3.05) is 0 Å². The summed E-state index contributed by atoms with van der Waals surface area (Å²) in [7, 11) is 0. The molecule has 0 aliphatic heterocycles. The molecular formula is C16H13N3O. The van der Waals surface area contributed by atoms with E-state index >= 15 is 0 Å². The van der Waals surface area contributed by atoms with Gasteiger partial charge < -0.3 is 4.74 Å². The zero-order valence-electron chi connectivity index (χ0n) is 10.8. The molecule has 0 atom stereocenters. The molecule has 0 spiro atoms. The summed E-state index contributed by atoms with van der Waals surface area (Å²) in [6.07, 6.45) is 2.96. The Bertz CT molecular complexity index is 672. The summed E-state index contributed by atoms with van der Waals surface area (Å²) < 4.78 is 5.88. The van der Waals surface area contributed by atoms with Gasteiger partial charge in [-0.15, -0.1) is 0 Å². The van der Waals surface area contributed by atoms with E-state index in [4.69, 9.17) is 4.74 Å². The molecule has 0 amide bonds. The van der Waals surface area contributed by atoms with E-state index in [2.05, 4.69) is 15.0 Å². The first-order chi connectivity index (χ1) is 9.93. The highest BCUT2D eigenvalue weighted by atomic mass is 16.5. The molecule has 4 nitrogen and oxygen atoms in total. The zero-order chi connectivity index (χ0) is 13.6. The molecule has 1 aromatic heterocycles. The van der Waals surface area contributed by atoms with Crippen molar-refractivity contribution in [3.63, 3.8) is 0 Å². The van der Waals surface area contributed by atoms with Crippen LogP contribution in [0.4, 0.5) is 0 Å². The highest BCUT2D eigenvalue weighted by molar-refractivity contribution is 5.63. The maximum absolute atomic E-state index is 5.88. The third-order valence-corrected chi connectivity index (χ3v) is 2.86. The number of hydrogen-bond donors (Lipinski definition) is 0. The van der Waals surface area contributed by atoms with Crippen LogP contribution in [-0.4, -0.2) is 15.0 Å². The van der Waals surface area contributed by atoms with Crippen molar-refractivity contribution < 1.29 is 4.74 Å². The van der Waals surface area contributed by atoms with Gasteiger partial charge in [-0.3, -0.25) is 0 Å². The van der Waals surface area contributed by atoms with Crippen LogP contribution in [0.5, 0.6) is 5.75 Å². The van der Waals surface area contributed by atoms with E-state index in [1.165, 1.54) is 12.7 Å². The number of para-hydroxylation sites is 1. The fraction of sp³-hybridized carbons (Fsp3) is 0.0625. The van der Waals surface area contributed by atoms with E-state index in [1.807, 2.05) is 54.6 Å². The highest BCUT2D eigenvalue weighted by Crippen LogP contribution is 2.27. The first-order valence-electron chi connectivity index (χ1n) is 6.31. The van der Waals surface area contributed by atoms with Crippen LogP contribution in [0.2, 0.25) is 0 Å². The van der Waals surface area contributed by atoms with Gasteiger partial charge in [-0.05, 0) is 17.7 Å². The molecule has 2 aromatic carbocycles. The lowest BCUT2D eigenvalue weighted by molar-refractivity contribution is 0.307. The molecule has 0 N–H and O–H groups in total. The van der Waals surface area contributed by atoms with Gasteiger partial charge >= 0.3 is 0 Å². The van der Waals surface area contributed by atoms with Crippen molar-refractivity contribution in [3.8, 4) is 17.1 Å². The van der Waals surface area contributed by atoms with Crippen molar-refractivity contribution in [3.05, 3.63) is 72.8 Å². The van der Waals surface area contributed by atoms with Crippen molar-refractivity contribution in [2.24, 2.45) is 0 Å². The second kappa shape index (κ2) is 5.93. The van der Waals surface area contributed by atoms with Crippen LogP contribution >= 0.6 is 0 Å². The summed E-state index contributed by atoms with van der Waals surface area (Å²) in [6, 6.07) is 17.8. The molecule has 0 aliphatic rings. The monoisotopic (exact) mass is 263 g/mol. The molecule has 3 rings (SSSR count). The summed E-state index contributed by atoms with van der Waals surface area (Å²) in [5.41, 5.74) is 1.99. The molecule has 0 unspecified atom stereocenters. The number of aromatic nitrogens is 3. The fourth-order valence-corrected chi connectivity index (χ4v) is 1.89. The number of benzene rings is 2. The summed E-state index contributed by atoms with van der Waals surface area (Å²) in [5, 5.41) is 0. The molecule has 98 valence electrons. The quantitative estimate of drug-likeness (QED) is 0.725. The van der Waals surface area contributed by atoms with Gasteiger partial charge in [0.25, 0.3) is 0 Å². The molecule has 3 aromatic rings. The van der Waals surface area contributed by atoms with Crippen molar-refractivity contribution in [1.29, 1.82) is 0 Å². The Morgan fingerprint density at radius 3 is 2.30 bits per heavy atom. The van der Waals surface area contributed by atoms with Crippen LogP contribution in [0.15, 0.2) is 67.3 Å². The minimum atomic E-state index is 0.517. The van der Waals surface area contributed by atoms with Crippen LogP contribution in [0.1, 0.15) is 5.56 Å². The molecule has 0 fully saturated rings. The molecule has 4 heteroatoms. The average molecular weight is 263 g/mol. The lowest BCUT2D eigenvalue weighted by Crippen LogP contribution is -1.98. The van der Waals surface area contributed by atoms with Crippen LogP contribution in [0.3, 0.4) is 0 Å². The maximum atomic E-state index is 5.88. The third-order valence-electron chi connectivity index (χ3n) is 2.86. The molecule has 0 aliphatic carbocycles. The Balaban J connectivity index is 1.84. The first-order valence-corrected chi connectivity index (χ1v) is 6.31. The van der Waals surface area contributed by atoms with Crippen molar-refractivity contribution >= 4 is 0 Å². The minimum Gasteiger partial charge on any atom is -0.488 e. The Kier molecular flexibility index (Phi) is 3.64. The van der Waals surface area contributed by atoms with E-state index in [9.17, 15) is 0 Å². The Hall–Kier alpha value is -2.75. The van der Waals surface area contributed by atoms with Crippen LogP contribution in [0.25, 0.3) is 11.4 Å². The third kappa shape index (κ3) is 2.80. The number of hydrogen-bond acceptors (Lipinski definition) is 4. The largest absolute Gasteiger partial charge is 0.488 e. The smallest absolute Gasteiger partial charge is 0.166 e. The second-order valence-electron chi connectivity index (χ2n) is 4.23. The molecule has 0 saturated carbocycles. The molecule has 1 heterocycles. The zero-order valence-corrected chi connectivity index (χ0v) is 10.8. The predicted molar refractivity (Wildman–Crippen MR) is 76.0 cm³/mol. The van der Waals surface area contributed by atoms with Gasteiger partial charge in [0.2, 0.25) is 0 Å². The predicted octanol–water partition coefficient (Wildman–Crippen LogP) is 3.12. The van der Waals surface area contributed by atoms with E-state index in [1.54, 1.807) is 0 Å². The number of ether oxygens (including phenoxy) is 1. The summed E-state index contributed by atoms with van der Waals surface area (Å²) in [5.74, 6) is 1.38. The fourth-order valence-electron chi connectivity index (χ4n) is 1.89. The molecule has 0 saturated heterocycles.